The topological polar surface area (TPSA) is 44.8 Å². The van der Waals surface area contributed by atoms with E-state index in [1.165, 1.54) is 0 Å². The number of hydrogen-bond donors (Lipinski definition) is 0. The molecule has 0 aliphatic carbocycles. The molecule has 0 saturated carbocycles. The number of alkyl halides is 1. The summed E-state index contributed by atoms with van der Waals surface area (Å²) in [5, 5.41) is 0. The zero-order chi connectivity index (χ0) is 11.7. The largest absolute Gasteiger partial charge is 0.509 e. The average molecular weight is 293 g/mol. The molecule has 92 valence electrons. The van der Waals surface area contributed by atoms with Crippen LogP contribution in [0.25, 0.3) is 0 Å². The molecule has 0 aromatic carbocycles. The molecule has 2 aliphatic rings. The van der Waals surface area contributed by atoms with Gasteiger partial charge in [-0.05, 0) is 13.3 Å². The third kappa shape index (κ3) is 2.51. The van der Waals surface area contributed by atoms with E-state index < -0.39 is 6.16 Å². The summed E-state index contributed by atoms with van der Waals surface area (Å²) in [6, 6.07) is 0. The maximum absolute atomic E-state index is 11.1. The number of carbonyl (C=O) groups excluding carboxylic acids is 1. The van der Waals surface area contributed by atoms with Crippen LogP contribution in [0, 0.1) is 0 Å². The lowest BCUT2D eigenvalue weighted by molar-refractivity contribution is -0.0478. The lowest BCUT2D eigenvalue weighted by atomic mass is 9.98. The molecule has 0 N–H and O–H groups in total. The van der Waals surface area contributed by atoms with Crippen molar-refractivity contribution >= 4 is 22.1 Å². The molecule has 0 amide bonds. The Morgan fingerprint density at radius 1 is 1.31 bits per heavy atom. The molecule has 16 heavy (non-hydrogen) atoms. The Hall–Kier alpha value is -0.290. The Morgan fingerprint density at radius 3 is 2.56 bits per heavy atom. The van der Waals surface area contributed by atoms with Gasteiger partial charge in [-0.1, -0.05) is 22.9 Å². The minimum absolute atomic E-state index is 0.0901. The Kier molecular flexibility index (Phi) is 3.74. The molecule has 5 heteroatoms. The van der Waals surface area contributed by atoms with Crippen molar-refractivity contribution < 1.29 is 19.0 Å². The third-order valence-corrected chi connectivity index (χ3v) is 4.11. The maximum Gasteiger partial charge on any atom is 0.509 e. The first-order valence-electron chi connectivity index (χ1n) is 5.77. The molecule has 0 aromatic heterocycles. The molecular formula is C11H17BrO4. The average Bonchev–Trinajstić information content (AvgIpc) is 2.53. The van der Waals surface area contributed by atoms with Gasteiger partial charge in [-0.25, -0.2) is 4.79 Å². The van der Waals surface area contributed by atoms with Gasteiger partial charge in [-0.3, -0.25) is 0 Å². The monoisotopic (exact) mass is 292 g/mol. The number of carbonyl (C=O) groups is 1. The van der Waals surface area contributed by atoms with Crippen LogP contribution in [0.4, 0.5) is 4.79 Å². The highest BCUT2D eigenvalue weighted by Crippen LogP contribution is 2.32. The summed E-state index contributed by atoms with van der Waals surface area (Å²) in [6.07, 6.45) is 1.86. The quantitative estimate of drug-likeness (QED) is 0.550. The van der Waals surface area contributed by atoms with Crippen molar-refractivity contribution in [3.05, 3.63) is 0 Å². The summed E-state index contributed by atoms with van der Waals surface area (Å²) in [5.41, 5.74) is 0. The number of fused-ring (bicyclic) bond motifs is 1. The van der Waals surface area contributed by atoms with Crippen molar-refractivity contribution in [1.29, 1.82) is 0 Å². The lowest BCUT2D eigenvalue weighted by Crippen LogP contribution is -2.39. The van der Waals surface area contributed by atoms with E-state index in [-0.39, 0.29) is 29.2 Å². The summed E-state index contributed by atoms with van der Waals surface area (Å²) >= 11 is 3.61. The Bertz CT molecular complexity index is 271. The molecule has 0 radical (unpaired) electrons. The Morgan fingerprint density at radius 2 is 1.94 bits per heavy atom. The Balaban J connectivity index is 2.08. The smallest absolute Gasteiger partial charge is 0.427 e. The summed E-state index contributed by atoms with van der Waals surface area (Å²) in [4.78, 5) is 11.3. The highest BCUT2D eigenvalue weighted by Gasteiger charge is 2.42. The molecular weight excluding hydrogens is 276 g/mol. The molecule has 0 spiro atoms. The number of ether oxygens (including phenoxy) is 3. The number of halogens is 1. The zero-order valence-electron chi connectivity index (χ0n) is 9.52. The summed E-state index contributed by atoms with van der Waals surface area (Å²) < 4.78 is 16.2. The zero-order valence-corrected chi connectivity index (χ0v) is 11.1. The fourth-order valence-electron chi connectivity index (χ4n) is 2.32. The van der Waals surface area contributed by atoms with Crippen LogP contribution in [-0.2, 0) is 14.2 Å². The van der Waals surface area contributed by atoms with E-state index in [0.29, 0.717) is 6.42 Å². The van der Waals surface area contributed by atoms with Gasteiger partial charge in [0, 0.05) is 17.7 Å². The molecule has 2 saturated heterocycles. The van der Waals surface area contributed by atoms with Crippen LogP contribution in [0.2, 0.25) is 0 Å². The first-order valence-corrected chi connectivity index (χ1v) is 6.68. The van der Waals surface area contributed by atoms with Crippen molar-refractivity contribution in [2.24, 2.45) is 0 Å². The number of hydrogen-bond acceptors (Lipinski definition) is 4. The first kappa shape index (κ1) is 12.2. The minimum Gasteiger partial charge on any atom is -0.427 e. The van der Waals surface area contributed by atoms with Gasteiger partial charge in [0.1, 0.15) is 12.2 Å². The summed E-state index contributed by atoms with van der Waals surface area (Å²) in [5.74, 6) is 0. The van der Waals surface area contributed by atoms with Crippen LogP contribution < -0.4 is 0 Å². The second-order valence-electron chi connectivity index (χ2n) is 4.44. The highest BCUT2D eigenvalue weighted by atomic mass is 79.9. The third-order valence-electron chi connectivity index (χ3n) is 3.14. The summed E-state index contributed by atoms with van der Waals surface area (Å²) in [7, 11) is 0. The van der Waals surface area contributed by atoms with E-state index in [4.69, 9.17) is 14.2 Å². The molecule has 2 aliphatic heterocycles. The predicted octanol–water partition coefficient (Wildman–Crippen LogP) is 2.63. The first-order chi connectivity index (χ1) is 7.60. The van der Waals surface area contributed by atoms with Crippen LogP contribution in [0.5, 0.6) is 0 Å². The molecule has 0 unspecified atom stereocenters. The maximum atomic E-state index is 11.1. The van der Waals surface area contributed by atoms with Gasteiger partial charge in [0.25, 0.3) is 0 Å². The van der Waals surface area contributed by atoms with E-state index in [2.05, 4.69) is 22.9 Å². The standard InChI is InChI=1S/C11H17BrO4/c1-3-8-7(12)5-10-9(4-6(2)14-8)15-11(13)16-10/h6-10H,3-5H2,1-2H3/t6-,7+,8-,9+,10-/m1/s1. The van der Waals surface area contributed by atoms with Crippen LogP contribution >= 0.6 is 15.9 Å². The van der Waals surface area contributed by atoms with Crippen LogP contribution in [0.3, 0.4) is 0 Å². The van der Waals surface area contributed by atoms with Gasteiger partial charge in [-0.2, -0.15) is 0 Å². The molecule has 4 nitrogen and oxygen atoms in total. The molecule has 2 heterocycles. The van der Waals surface area contributed by atoms with Gasteiger partial charge in [-0.15, -0.1) is 0 Å². The molecule has 2 fully saturated rings. The van der Waals surface area contributed by atoms with Crippen molar-refractivity contribution in [2.45, 2.75) is 62.4 Å². The highest BCUT2D eigenvalue weighted by molar-refractivity contribution is 9.09. The molecule has 0 aromatic rings. The predicted molar refractivity (Wildman–Crippen MR) is 61.7 cm³/mol. The van der Waals surface area contributed by atoms with Crippen LogP contribution in [0.15, 0.2) is 0 Å². The van der Waals surface area contributed by atoms with Crippen molar-refractivity contribution in [1.82, 2.24) is 0 Å². The van der Waals surface area contributed by atoms with Gasteiger partial charge in [0.05, 0.1) is 12.2 Å². The summed E-state index contributed by atoms with van der Waals surface area (Å²) in [6.45, 7) is 4.11. The van der Waals surface area contributed by atoms with Gasteiger partial charge in [0.15, 0.2) is 0 Å². The van der Waals surface area contributed by atoms with Crippen molar-refractivity contribution in [2.75, 3.05) is 0 Å². The van der Waals surface area contributed by atoms with E-state index in [0.717, 1.165) is 12.8 Å². The van der Waals surface area contributed by atoms with Gasteiger partial charge >= 0.3 is 6.16 Å². The Labute approximate surface area is 104 Å². The SMILES string of the molecule is CC[C@H]1O[C@H](C)C[C@@H]2OC(=O)O[C@@H]2C[C@@H]1Br. The number of rotatable bonds is 1. The van der Waals surface area contributed by atoms with Crippen LogP contribution in [0.1, 0.15) is 33.1 Å². The molecule has 0 bridgehead atoms. The second-order valence-corrected chi connectivity index (χ2v) is 5.62. The van der Waals surface area contributed by atoms with E-state index in [1.807, 2.05) is 6.92 Å². The fraction of sp³-hybridized carbons (Fsp3) is 0.909. The van der Waals surface area contributed by atoms with Crippen LogP contribution in [-0.4, -0.2) is 35.4 Å². The van der Waals surface area contributed by atoms with Crippen molar-refractivity contribution in [3.63, 3.8) is 0 Å². The van der Waals surface area contributed by atoms with E-state index in [9.17, 15) is 4.79 Å². The fourth-order valence-corrected chi connectivity index (χ4v) is 3.19. The minimum atomic E-state index is -0.545. The van der Waals surface area contributed by atoms with Gasteiger partial charge in [0.2, 0.25) is 0 Å². The second kappa shape index (κ2) is 4.92. The normalized spacial score (nSPS) is 43.9. The molecule has 5 atom stereocenters. The van der Waals surface area contributed by atoms with E-state index >= 15 is 0 Å². The molecule has 2 rings (SSSR count). The van der Waals surface area contributed by atoms with Gasteiger partial charge < -0.3 is 14.2 Å². The lowest BCUT2D eigenvalue weighted by Gasteiger charge is -2.31. The van der Waals surface area contributed by atoms with Crippen molar-refractivity contribution in [3.8, 4) is 0 Å². The van der Waals surface area contributed by atoms with E-state index in [1.54, 1.807) is 0 Å².